The van der Waals surface area contributed by atoms with Crippen molar-refractivity contribution in [3.63, 3.8) is 0 Å². The highest BCUT2D eigenvalue weighted by Crippen LogP contribution is 2.32. The second kappa shape index (κ2) is 6.89. The van der Waals surface area contributed by atoms with E-state index in [1.54, 1.807) is 11.8 Å². The topological polar surface area (TPSA) is 0 Å². The Bertz CT molecular complexity index is 570. The van der Waals surface area contributed by atoms with Crippen molar-refractivity contribution in [2.75, 3.05) is 6.26 Å². The molecule has 0 heterocycles. The molecule has 0 fully saturated rings. The van der Waals surface area contributed by atoms with Gasteiger partial charge in [-0.3, -0.25) is 0 Å². The number of thioether (sulfide) groups is 1. The van der Waals surface area contributed by atoms with Gasteiger partial charge in [-0.15, -0.1) is 23.4 Å². The first-order valence-corrected chi connectivity index (χ1v) is 9.02. The quantitative estimate of drug-likeness (QED) is 0.452. The van der Waals surface area contributed by atoms with E-state index < -0.39 is 0 Å². The molecule has 0 N–H and O–H groups in total. The van der Waals surface area contributed by atoms with Crippen LogP contribution < -0.4 is 0 Å². The lowest BCUT2D eigenvalue weighted by molar-refractivity contribution is 0.506. The Kier molecular flexibility index (Phi) is 5.40. The lowest BCUT2D eigenvalue weighted by Gasteiger charge is -2.24. The molecule has 2 aromatic rings. The lowest BCUT2D eigenvalue weighted by Crippen LogP contribution is -2.15. The van der Waals surface area contributed by atoms with E-state index in [4.69, 9.17) is 11.6 Å². The van der Waals surface area contributed by atoms with E-state index in [1.165, 1.54) is 10.5 Å². The molecule has 0 nitrogen and oxygen atoms in total. The number of hydrogen-bond acceptors (Lipinski definition) is 1. The molecule has 0 saturated carbocycles. The molecule has 0 radical (unpaired) electrons. The Hall–Kier alpha value is -0.920. The van der Waals surface area contributed by atoms with Crippen molar-refractivity contribution < 1.29 is 0 Å². The first kappa shape index (κ1) is 16.5. The van der Waals surface area contributed by atoms with Gasteiger partial charge in [0, 0.05) is 4.90 Å². The monoisotopic (exact) mass is 318 g/mol. The van der Waals surface area contributed by atoms with Gasteiger partial charge in [0.25, 0.3) is 0 Å². The highest BCUT2D eigenvalue weighted by Gasteiger charge is 2.18. The van der Waals surface area contributed by atoms with Gasteiger partial charge in [-0.1, -0.05) is 57.2 Å². The molecular formula is C19H23ClS. The van der Waals surface area contributed by atoms with E-state index in [-0.39, 0.29) is 10.8 Å². The first-order valence-electron chi connectivity index (χ1n) is 7.36. The van der Waals surface area contributed by atoms with Gasteiger partial charge in [-0.25, -0.2) is 0 Å². The maximum atomic E-state index is 6.62. The maximum Gasteiger partial charge on any atom is 0.0835 e. The minimum absolute atomic E-state index is 0.0836. The molecule has 0 amide bonds. The Morgan fingerprint density at radius 2 is 1.43 bits per heavy atom. The summed E-state index contributed by atoms with van der Waals surface area (Å²) in [6.07, 6.45) is 3.22. The van der Waals surface area contributed by atoms with Crippen LogP contribution in [0, 0.1) is 0 Å². The largest absolute Gasteiger partial charge is 0.130 e. The number of benzene rings is 2. The first-order chi connectivity index (χ1) is 9.97. The molecule has 0 aliphatic rings. The number of rotatable bonds is 5. The van der Waals surface area contributed by atoms with Crippen LogP contribution in [-0.2, 0) is 5.41 Å². The summed E-state index contributed by atoms with van der Waals surface area (Å²) in [5, 5.41) is -0.0836. The van der Waals surface area contributed by atoms with Crippen LogP contribution in [0.1, 0.15) is 49.3 Å². The number of alkyl halides is 1. The summed E-state index contributed by atoms with van der Waals surface area (Å²) in [5.74, 6) is 0. The zero-order valence-corrected chi connectivity index (χ0v) is 14.8. The summed E-state index contributed by atoms with van der Waals surface area (Å²) in [6, 6.07) is 17.2. The second-order valence-corrected chi connectivity index (χ2v) is 7.31. The van der Waals surface area contributed by atoms with Gasteiger partial charge in [0.05, 0.1) is 5.38 Å². The van der Waals surface area contributed by atoms with Crippen LogP contribution in [0.3, 0.4) is 0 Å². The van der Waals surface area contributed by atoms with E-state index in [0.29, 0.717) is 0 Å². The summed E-state index contributed by atoms with van der Waals surface area (Å²) >= 11 is 8.37. The predicted octanol–water partition coefficient (Wildman–Crippen LogP) is 6.42. The third-order valence-electron chi connectivity index (χ3n) is 4.28. The molecule has 2 rings (SSSR count). The number of hydrogen-bond donors (Lipinski definition) is 0. The predicted molar refractivity (Wildman–Crippen MR) is 95.7 cm³/mol. The van der Waals surface area contributed by atoms with Gasteiger partial charge in [0.15, 0.2) is 0 Å². The fraction of sp³-hybridized carbons (Fsp3) is 0.368. The Balaban J connectivity index is 2.21. The van der Waals surface area contributed by atoms with Crippen LogP contribution in [-0.4, -0.2) is 6.26 Å². The molecule has 0 saturated heterocycles. The van der Waals surface area contributed by atoms with Crippen LogP contribution in [0.25, 0.3) is 0 Å². The van der Waals surface area contributed by atoms with Gasteiger partial charge in [0.2, 0.25) is 0 Å². The fourth-order valence-corrected chi connectivity index (χ4v) is 2.97. The van der Waals surface area contributed by atoms with E-state index >= 15 is 0 Å². The van der Waals surface area contributed by atoms with Crippen molar-refractivity contribution in [3.05, 3.63) is 65.2 Å². The smallest absolute Gasteiger partial charge is 0.0835 e. The van der Waals surface area contributed by atoms with Crippen LogP contribution in [0.15, 0.2) is 53.4 Å². The molecule has 21 heavy (non-hydrogen) atoms. The summed E-state index contributed by atoms with van der Waals surface area (Å²) in [5.41, 5.74) is 3.90. The summed E-state index contributed by atoms with van der Waals surface area (Å²) in [7, 11) is 0. The molecule has 1 atom stereocenters. The standard InChI is InChI=1S/C19H23ClS/c1-5-19(2,3)16-10-6-14(7-11-16)18(20)15-8-12-17(21-4)13-9-15/h6-13,18H,5H2,1-4H3. The molecule has 0 aliphatic carbocycles. The number of halogens is 1. The molecule has 0 bridgehead atoms. The normalized spacial score (nSPS) is 13.2. The van der Waals surface area contributed by atoms with Crippen LogP contribution in [0.4, 0.5) is 0 Å². The van der Waals surface area contributed by atoms with Crippen molar-refractivity contribution in [2.45, 2.75) is 42.9 Å². The molecule has 2 heteroatoms. The van der Waals surface area contributed by atoms with Crippen molar-refractivity contribution in [1.82, 2.24) is 0 Å². The van der Waals surface area contributed by atoms with Gasteiger partial charge >= 0.3 is 0 Å². The molecule has 0 spiro atoms. The van der Waals surface area contributed by atoms with Crippen molar-refractivity contribution in [2.24, 2.45) is 0 Å². The minimum atomic E-state index is -0.0836. The molecule has 112 valence electrons. The van der Waals surface area contributed by atoms with E-state index in [1.807, 2.05) is 0 Å². The van der Waals surface area contributed by atoms with E-state index in [0.717, 1.165) is 17.5 Å². The third-order valence-corrected chi connectivity index (χ3v) is 5.52. The van der Waals surface area contributed by atoms with Crippen molar-refractivity contribution in [1.29, 1.82) is 0 Å². The third kappa shape index (κ3) is 3.84. The fourth-order valence-electron chi connectivity index (χ4n) is 2.27. The molecule has 0 aliphatic heterocycles. The maximum absolute atomic E-state index is 6.62. The van der Waals surface area contributed by atoms with Gasteiger partial charge in [0.1, 0.15) is 0 Å². The average Bonchev–Trinajstić information content (AvgIpc) is 2.54. The van der Waals surface area contributed by atoms with E-state index in [9.17, 15) is 0 Å². The zero-order chi connectivity index (χ0) is 15.5. The Labute approximate surface area is 137 Å². The van der Waals surface area contributed by atoms with Crippen LogP contribution in [0.2, 0.25) is 0 Å². The van der Waals surface area contributed by atoms with E-state index in [2.05, 4.69) is 75.6 Å². The van der Waals surface area contributed by atoms with Crippen molar-refractivity contribution in [3.8, 4) is 0 Å². The SMILES string of the molecule is CCC(C)(C)c1ccc(C(Cl)c2ccc(SC)cc2)cc1. The minimum Gasteiger partial charge on any atom is -0.130 e. The molecule has 1 unspecified atom stereocenters. The van der Waals surface area contributed by atoms with Gasteiger partial charge in [-0.2, -0.15) is 0 Å². The van der Waals surface area contributed by atoms with Gasteiger partial charge in [-0.05, 0) is 46.9 Å². The average molecular weight is 319 g/mol. The molecule has 0 aromatic heterocycles. The summed E-state index contributed by atoms with van der Waals surface area (Å²) in [6.45, 7) is 6.79. The molecule has 2 aromatic carbocycles. The van der Waals surface area contributed by atoms with Crippen molar-refractivity contribution >= 4 is 23.4 Å². The van der Waals surface area contributed by atoms with Crippen LogP contribution >= 0.6 is 23.4 Å². The Morgan fingerprint density at radius 3 is 1.86 bits per heavy atom. The highest BCUT2D eigenvalue weighted by molar-refractivity contribution is 7.98. The highest BCUT2D eigenvalue weighted by atomic mass is 35.5. The molecular weight excluding hydrogens is 296 g/mol. The Morgan fingerprint density at radius 1 is 0.952 bits per heavy atom. The zero-order valence-electron chi connectivity index (χ0n) is 13.2. The summed E-state index contributed by atoms with van der Waals surface area (Å²) in [4.78, 5) is 1.27. The summed E-state index contributed by atoms with van der Waals surface area (Å²) < 4.78 is 0. The lowest BCUT2D eigenvalue weighted by atomic mass is 9.82. The van der Waals surface area contributed by atoms with Crippen LogP contribution in [0.5, 0.6) is 0 Å². The van der Waals surface area contributed by atoms with Gasteiger partial charge < -0.3 is 0 Å². The second-order valence-electron chi connectivity index (χ2n) is 6.00.